The van der Waals surface area contributed by atoms with Gasteiger partial charge < -0.3 is 20.1 Å². The molecule has 0 bridgehead atoms. The molecule has 0 saturated heterocycles. The smallest absolute Gasteiger partial charge is 0.318 e. The summed E-state index contributed by atoms with van der Waals surface area (Å²) in [5.41, 5.74) is 3.62. The normalized spacial score (nSPS) is 12.2. The molecule has 8 nitrogen and oxygen atoms in total. The van der Waals surface area contributed by atoms with Crippen molar-refractivity contribution < 1.29 is 28.7 Å². The maximum atomic E-state index is 12.1. The molecule has 0 aromatic heterocycles. The number of rotatable bonds is 14. The van der Waals surface area contributed by atoms with Crippen LogP contribution in [0.4, 0.5) is 11.4 Å². The quantitative estimate of drug-likeness (QED) is 0.261. The third-order valence-electron chi connectivity index (χ3n) is 5.04. The third-order valence-corrected chi connectivity index (χ3v) is 7.28. The predicted octanol–water partition coefficient (Wildman–Crippen LogP) is 4.60. The summed E-state index contributed by atoms with van der Waals surface area (Å²) in [5, 5.41) is 4.56. The van der Waals surface area contributed by atoms with E-state index in [0.717, 1.165) is 11.1 Å². The molecule has 0 heterocycles. The second-order valence-electron chi connectivity index (χ2n) is 8.42. The van der Waals surface area contributed by atoms with Crippen LogP contribution in [0, 0.1) is 13.8 Å². The molecule has 0 aliphatic carbocycles. The summed E-state index contributed by atoms with van der Waals surface area (Å²) in [6.07, 6.45) is 0.355. The lowest BCUT2D eigenvalue weighted by molar-refractivity contribution is -0.145. The van der Waals surface area contributed by atoms with Crippen LogP contribution in [0.1, 0.15) is 31.4 Å². The molecule has 2 atom stereocenters. The van der Waals surface area contributed by atoms with Crippen LogP contribution in [0.3, 0.4) is 0 Å². The molecule has 0 fully saturated rings. The van der Waals surface area contributed by atoms with Gasteiger partial charge in [-0.05, 0) is 52.0 Å². The zero-order valence-electron chi connectivity index (χ0n) is 21.6. The van der Waals surface area contributed by atoms with Crippen LogP contribution in [0.5, 0.6) is 0 Å². The molecule has 2 rings (SSSR count). The third kappa shape index (κ3) is 12.2. The first-order chi connectivity index (χ1) is 17.6. The van der Waals surface area contributed by atoms with Crippen LogP contribution < -0.4 is 10.6 Å². The average molecular weight is 547 g/mol. The van der Waals surface area contributed by atoms with Crippen LogP contribution in [0.15, 0.2) is 48.5 Å². The van der Waals surface area contributed by atoms with Gasteiger partial charge in [-0.3, -0.25) is 19.2 Å². The van der Waals surface area contributed by atoms with Gasteiger partial charge in [0, 0.05) is 17.8 Å². The number of carbonyl (C=O) groups excluding carboxylic acids is 4. The Kier molecular flexibility index (Phi) is 13.1. The van der Waals surface area contributed by atoms with Crippen LogP contribution in [-0.2, 0) is 28.7 Å². The predicted molar refractivity (Wildman–Crippen MR) is 150 cm³/mol. The second-order valence-corrected chi connectivity index (χ2v) is 11.1. The Morgan fingerprint density at radius 1 is 0.676 bits per heavy atom. The summed E-state index contributed by atoms with van der Waals surface area (Å²) in [7, 11) is 0. The number of amides is 2. The highest BCUT2D eigenvalue weighted by molar-refractivity contribution is 8.01. The fourth-order valence-electron chi connectivity index (χ4n) is 2.84. The molecule has 0 saturated carbocycles. The minimum atomic E-state index is -0.506. The second kappa shape index (κ2) is 16.0. The Morgan fingerprint density at radius 2 is 1.03 bits per heavy atom. The van der Waals surface area contributed by atoms with Crippen molar-refractivity contribution >= 4 is 58.7 Å². The number of hydrogen-bond donors (Lipinski definition) is 2. The molecule has 2 aromatic carbocycles. The molecule has 2 N–H and O–H groups in total. The molecule has 0 aliphatic heterocycles. The average Bonchev–Trinajstić information content (AvgIpc) is 2.88. The van der Waals surface area contributed by atoms with Gasteiger partial charge in [0.25, 0.3) is 0 Å². The molecule has 200 valence electrons. The van der Waals surface area contributed by atoms with E-state index in [2.05, 4.69) is 10.6 Å². The Morgan fingerprint density at radius 3 is 1.38 bits per heavy atom. The van der Waals surface area contributed by atoms with E-state index in [0.29, 0.717) is 17.8 Å². The number of hydrogen-bond acceptors (Lipinski definition) is 8. The van der Waals surface area contributed by atoms with Gasteiger partial charge in [-0.15, -0.1) is 23.5 Å². The van der Waals surface area contributed by atoms with Gasteiger partial charge in [-0.25, -0.2) is 0 Å². The molecule has 0 spiro atoms. The molecular formula is C27H34N2O6S2. The lowest BCUT2D eigenvalue weighted by Gasteiger charge is -2.13. The van der Waals surface area contributed by atoms with Crippen molar-refractivity contribution in [1.29, 1.82) is 0 Å². The van der Waals surface area contributed by atoms with Gasteiger partial charge in [-0.2, -0.15) is 0 Å². The van der Waals surface area contributed by atoms with Gasteiger partial charge in [-0.1, -0.05) is 35.4 Å². The van der Waals surface area contributed by atoms with Crippen molar-refractivity contribution in [3.05, 3.63) is 59.7 Å². The Bertz CT molecular complexity index is 960. The lowest BCUT2D eigenvalue weighted by Crippen LogP contribution is -2.23. The largest absolute Gasteiger partial charge is 0.465 e. The Hall–Kier alpha value is -2.98. The Balaban J connectivity index is 1.54. The molecule has 0 radical (unpaired) electrons. The standard InChI is InChI=1S/C27H34N2O6S2/c1-18-6-10-22(11-7-18)28-24(30)16-36-20(3)26(32)34-14-5-15-35-27(33)21(4)37-17-25(31)29-23-12-8-19(2)9-13-23/h6-13,20-21H,5,14-17H2,1-4H3,(H,28,30)(H,29,31)/t20-,21-/m1/s1. The van der Waals surface area contributed by atoms with Crippen molar-refractivity contribution in [1.82, 2.24) is 0 Å². The zero-order chi connectivity index (χ0) is 27.2. The van der Waals surface area contributed by atoms with Crippen molar-refractivity contribution in [2.75, 3.05) is 35.4 Å². The van der Waals surface area contributed by atoms with Gasteiger partial charge in [0.05, 0.1) is 24.7 Å². The van der Waals surface area contributed by atoms with Crippen molar-refractivity contribution in [3.8, 4) is 0 Å². The Labute approximate surface area is 226 Å². The van der Waals surface area contributed by atoms with E-state index < -0.39 is 22.4 Å². The summed E-state index contributed by atoms with van der Waals surface area (Å²) < 4.78 is 10.4. The number of benzene rings is 2. The van der Waals surface area contributed by atoms with Crippen LogP contribution >= 0.6 is 23.5 Å². The molecule has 37 heavy (non-hydrogen) atoms. The van der Waals surface area contributed by atoms with Gasteiger partial charge >= 0.3 is 11.9 Å². The lowest BCUT2D eigenvalue weighted by atomic mass is 10.2. The molecule has 10 heteroatoms. The number of nitrogens with one attached hydrogen (secondary N) is 2. The van der Waals surface area contributed by atoms with E-state index in [9.17, 15) is 19.2 Å². The number of anilines is 2. The van der Waals surface area contributed by atoms with E-state index in [-0.39, 0.29) is 36.5 Å². The molecule has 0 aliphatic rings. The zero-order valence-corrected chi connectivity index (χ0v) is 23.2. The number of carbonyl (C=O) groups is 4. The molecular weight excluding hydrogens is 512 g/mol. The number of ether oxygens (including phenoxy) is 2. The van der Waals surface area contributed by atoms with Crippen LogP contribution in [0.25, 0.3) is 0 Å². The first kappa shape index (κ1) is 30.2. The SMILES string of the molecule is Cc1ccc(NC(=O)CS[C@H](C)C(=O)OCCCOC(=O)[C@@H](C)SCC(=O)Nc2ccc(C)cc2)cc1. The van der Waals surface area contributed by atoms with Gasteiger partial charge in [0.1, 0.15) is 10.5 Å². The minimum absolute atomic E-state index is 0.104. The maximum Gasteiger partial charge on any atom is 0.318 e. The monoisotopic (exact) mass is 546 g/mol. The van der Waals surface area contributed by atoms with E-state index in [4.69, 9.17) is 9.47 Å². The van der Waals surface area contributed by atoms with Gasteiger partial charge in [0.2, 0.25) is 11.8 Å². The minimum Gasteiger partial charge on any atom is -0.465 e. The first-order valence-corrected chi connectivity index (χ1v) is 14.0. The first-order valence-electron chi connectivity index (χ1n) is 11.9. The topological polar surface area (TPSA) is 111 Å². The summed E-state index contributed by atoms with van der Waals surface area (Å²) in [6.45, 7) is 7.50. The van der Waals surface area contributed by atoms with Crippen molar-refractivity contribution in [2.24, 2.45) is 0 Å². The fourth-order valence-corrected chi connectivity index (χ4v) is 4.20. The summed E-state index contributed by atoms with van der Waals surface area (Å²) in [6, 6.07) is 14.9. The summed E-state index contributed by atoms with van der Waals surface area (Å²) >= 11 is 2.38. The molecule has 0 unspecified atom stereocenters. The summed E-state index contributed by atoms with van der Waals surface area (Å²) in [4.78, 5) is 48.4. The summed E-state index contributed by atoms with van der Waals surface area (Å²) in [5.74, 6) is -0.994. The molecule has 2 amide bonds. The number of aryl methyl sites for hydroxylation is 2. The van der Waals surface area contributed by atoms with Gasteiger partial charge in [0.15, 0.2) is 0 Å². The van der Waals surface area contributed by atoms with Crippen molar-refractivity contribution in [3.63, 3.8) is 0 Å². The maximum absolute atomic E-state index is 12.1. The number of esters is 2. The fraction of sp³-hybridized carbons (Fsp3) is 0.407. The van der Waals surface area contributed by atoms with Crippen LogP contribution in [-0.4, -0.2) is 59.0 Å². The van der Waals surface area contributed by atoms with Crippen LogP contribution in [0.2, 0.25) is 0 Å². The highest BCUT2D eigenvalue weighted by atomic mass is 32.2. The number of thioether (sulfide) groups is 2. The van der Waals surface area contributed by atoms with E-state index >= 15 is 0 Å². The van der Waals surface area contributed by atoms with E-state index in [1.807, 2.05) is 62.4 Å². The molecule has 2 aromatic rings. The van der Waals surface area contributed by atoms with E-state index in [1.54, 1.807) is 13.8 Å². The van der Waals surface area contributed by atoms with E-state index in [1.165, 1.54) is 23.5 Å². The van der Waals surface area contributed by atoms with Crippen molar-refractivity contribution in [2.45, 2.75) is 44.6 Å². The highest BCUT2D eigenvalue weighted by Gasteiger charge is 2.18. The highest BCUT2D eigenvalue weighted by Crippen LogP contribution is 2.16.